The van der Waals surface area contributed by atoms with Crippen LogP contribution >= 0.6 is 22.9 Å². The zero-order chi connectivity index (χ0) is 15.4. The first kappa shape index (κ1) is 15.5. The molecule has 2 aromatic heterocycles. The maximum atomic E-state index is 6.09. The summed E-state index contributed by atoms with van der Waals surface area (Å²) in [6.07, 6.45) is 3.82. The second kappa shape index (κ2) is 7.26. The fourth-order valence-electron chi connectivity index (χ4n) is 2.72. The normalized spacial score (nSPS) is 16.8. The average Bonchev–Trinajstić information content (AvgIpc) is 3.03. The largest absolute Gasteiger partial charge is 0.382 e. The number of nitrogens with zero attached hydrogens (tertiary/aromatic N) is 3. The smallest absolute Gasteiger partial charge is 0.150 e. The Kier molecular flexibility index (Phi) is 5.12. The van der Waals surface area contributed by atoms with Crippen LogP contribution in [0.4, 0.5) is 11.6 Å². The van der Waals surface area contributed by atoms with Crippen LogP contribution in [-0.4, -0.2) is 34.5 Å². The van der Waals surface area contributed by atoms with Crippen LogP contribution in [0.5, 0.6) is 0 Å². The third kappa shape index (κ3) is 3.88. The van der Waals surface area contributed by atoms with Gasteiger partial charge in [-0.05, 0) is 43.3 Å². The summed E-state index contributed by atoms with van der Waals surface area (Å²) < 4.78 is 0. The van der Waals surface area contributed by atoms with Crippen LogP contribution in [0.25, 0.3) is 0 Å². The summed E-state index contributed by atoms with van der Waals surface area (Å²) in [5.41, 5.74) is 5.68. The third-order valence-electron chi connectivity index (χ3n) is 4.04. The Morgan fingerprint density at radius 1 is 1.36 bits per heavy atom. The van der Waals surface area contributed by atoms with Crippen LogP contribution in [0.1, 0.15) is 17.7 Å². The van der Waals surface area contributed by atoms with Crippen LogP contribution in [0.3, 0.4) is 0 Å². The van der Waals surface area contributed by atoms with Gasteiger partial charge in [-0.2, -0.15) is 0 Å². The number of hydrogen-bond acceptors (Lipinski definition) is 6. The molecule has 0 unspecified atom stereocenters. The number of rotatable bonds is 5. The van der Waals surface area contributed by atoms with Crippen LogP contribution in [0.15, 0.2) is 23.8 Å². The lowest BCUT2D eigenvalue weighted by atomic mass is 9.97. The topological polar surface area (TPSA) is 67.1 Å². The highest BCUT2D eigenvalue weighted by Crippen LogP contribution is 2.25. The lowest BCUT2D eigenvalue weighted by Gasteiger charge is -2.31. The van der Waals surface area contributed by atoms with E-state index < -0.39 is 0 Å². The molecule has 22 heavy (non-hydrogen) atoms. The van der Waals surface area contributed by atoms with Crippen molar-refractivity contribution < 1.29 is 0 Å². The second-order valence-corrected chi connectivity index (χ2v) is 7.01. The molecule has 1 aliphatic rings. The number of hydrogen-bond donors (Lipinski definition) is 2. The van der Waals surface area contributed by atoms with Gasteiger partial charge in [0.15, 0.2) is 0 Å². The molecule has 7 heteroatoms. The monoisotopic (exact) mass is 337 g/mol. The van der Waals surface area contributed by atoms with E-state index in [1.54, 1.807) is 0 Å². The number of nitrogen functional groups attached to an aromatic ring is 1. The minimum Gasteiger partial charge on any atom is -0.382 e. The molecule has 118 valence electrons. The summed E-state index contributed by atoms with van der Waals surface area (Å²) in [6.45, 7) is 4.24. The highest BCUT2D eigenvalue weighted by molar-refractivity contribution is 7.09. The molecule has 5 nitrogen and oxygen atoms in total. The molecule has 3 heterocycles. The number of halogens is 1. The Balaban J connectivity index is 1.45. The molecule has 0 amide bonds. The van der Waals surface area contributed by atoms with Gasteiger partial charge in [0.1, 0.15) is 23.0 Å². The van der Waals surface area contributed by atoms with E-state index in [1.807, 2.05) is 11.3 Å². The molecule has 0 spiro atoms. The van der Waals surface area contributed by atoms with Gasteiger partial charge in [-0.3, -0.25) is 4.90 Å². The van der Waals surface area contributed by atoms with Gasteiger partial charge in [0.25, 0.3) is 0 Å². The van der Waals surface area contributed by atoms with E-state index in [4.69, 9.17) is 17.3 Å². The fraction of sp³-hybridized carbons (Fsp3) is 0.467. The van der Waals surface area contributed by atoms with E-state index in [2.05, 4.69) is 37.7 Å². The molecular formula is C15H20ClN5S. The van der Waals surface area contributed by atoms with E-state index >= 15 is 0 Å². The number of nitrogens with two attached hydrogens (primary N) is 1. The lowest BCUT2D eigenvalue weighted by molar-refractivity contribution is 0.184. The summed E-state index contributed by atoms with van der Waals surface area (Å²) in [5.74, 6) is 1.60. The summed E-state index contributed by atoms with van der Waals surface area (Å²) in [7, 11) is 0. The first-order valence-corrected chi connectivity index (χ1v) is 8.72. The van der Waals surface area contributed by atoms with Gasteiger partial charge in [-0.15, -0.1) is 11.3 Å². The van der Waals surface area contributed by atoms with Gasteiger partial charge in [-0.25, -0.2) is 9.97 Å². The Labute approximate surface area is 139 Å². The SMILES string of the molecule is Nc1ncnc(NCC2CCN(Cc3cccs3)CC2)c1Cl. The molecular weight excluding hydrogens is 318 g/mol. The summed E-state index contributed by atoms with van der Waals surface area (Å²) in [6, 6.07) is 4.33. The Hall–Kier alpha value is -1.37. The number of thiophene rings is 1. The quantitative estimate of drug-likeness (QED) is 0.877. The van der Waals surface area contributed by atoms with Crippen LogP contribution in [-0.2, 0) is 6.54 Å². The number of piperidine rings is 1. The van der Waals surface area contributed by atoms with Crippen LogP contribution in [0, 0.1) is 5.92 Å². The van der Waals surface area contributed by atoms with Crippen molar-refractivity contribution in [3.05, 3.63) is 33.7 Å². The van der Waals surface area contributed by atoms with Gasteiger partial charge in [0.2, 0.25) is 0 Å². The summed E-state index contributed by atoms with van der Waals surface area (Å²) in [4.78, 5) is 12.0. The highest BCUT2D eigenvalue weighted by atomic mass is 35.5. The van der Waals surface area contributed by atoms with Crippen LogP contribution < -0.4 is 11.1 Å². The van der Waals surface area contributed by atoms with Crippen molar-refractivity contribution in [2.45, 2.75) is 19.4 Å². The Morgan fingerprint density at radius 2 is 2.18 bits per heavy atom. The van der Waals surface area contributed by atoms with Crippen molar-refractivity contribution in [1.82, 2.24) is 14.9 Å². The van der Waals surface area contributed by atoms with E-state index in [-0.39, 0.29) is 0 Å². The number of aromatic nitrogens is 2. The standard InChI is InChI=1S/C15H20ClN5S/c16-13-14(17)19-10-20-15(13)18-8-11-3-5-21(6-4-11)9-12-2-1-7-22-12/h1-2,7,10-11H,3-6,8-9H2,(H3,17,18,19,20). The average molecular weight is 338 g/mol. The van der Waals surface area contributed by atoms with E-state index in [0.717, 1.165) is 26.2 Å². The predicted molar refractivity (Wildman–Crippen MR) is 92.3 cm³/mol. The first-order valence-electron chi connectivity index (χ1n) is 7.47. The number of anilines is 2. The van der Waals surface area contributed by atoms with Gasteiger partial charge in [0.05, 0.1) is 0 Å². The molecule has 1 fully saturated rings. The maximum Gasteiger partial charge on any atom is 0.150 e. The molecule has 0 saturated carbocycles. The summed E-state index contributed by atoms with van der Waals surface area (Å²) in [5, 5.41) is 5.86. The van der Waals surface area contributed by atoms with Crippen molar-refractivity contribution in [1.29, 1.82) is 0 Å². The molecule has 1 saturated heterocycles. The number of likely N-dealkylation sites (tertiary alicyclic amines) is 1. The van der Waals surface area contributed by atoms with Gasteiger partial charge in [-0.1, -0.05) is 17.7 Å². The second-order valence-electron chi connectivity index (χ2n) is 5.60. The van der Waals surface area contributed by atoms with Crippen molar-refractivity contribution in [2.75, 3.05) is 30.7 Å². The maximum absolute atomic E-state index is 6.09. The Morgan fingerprint density at radius 3 is 2.91 bits per heavy atom. The molecule has 0 atom stereocenters. The van der Waals surface area contributed by atoms with Crippen LogP contribution in [0.2, 0.25) is 5.02 Å². The Bertz CT molecular complexity index is 596. The van der Waals surface area contributed by atoms with Gasteiger partial charge >= 0.3 is 0 Å². The third-order valence-corrected chi connectivity index (χ3v) is 5.28. The fourth-order valence-corrected chi connectivity index (χ4v) is 3.63. The molecule has 0 bridgehead atoms. The molecule has 0 aliphatic carbocycles. The molecule has 0 radical (unpaired) electrons. The van der Waals surface area contributed by atoms with E-state index in [1.165, 1.54) is 24.0 Å². The molecule has 3 rings (SSSR count). The predicted octanol–water partition coefficient (Wildman–Crippen LogP) is 3.10. The van der Waals surface area contributed by atoms with Gasteiger partial charge in [0, 0.05) is 18.0 Å². The number of nitrogens with one attached hydrogen (secondary N) is 1. The first-order chi connectivity index (χ1) is 10.7. The van der Waals surface area contributed by atoms with Crippen molar-refractivity contribution in [2.24, 2.45) is 5.92 Å². The minimum absolute atomic E-state index is 0.324. The minimum atomic E-state index is 0.324. The molecule has 3 N–H and O–H groups in total. The zero-order valence-electron chi connectivity index (χ0n) is 12.3. The van der Waals surface area contributed by atoms with Crippen molar-refractivity contribution in [3.63, 3.8) is 0 Å². The highest BCUT2D eigenvalue weighted by Gasteiger charge is 2.20. The summed E-state index contributed by atoms with van der Waals surface area (Å²) >= 11 is 7.93. The zero-order valence-corrected chi connectivity index (χ0v) is 13.9. The van der Waals surface area contributed by atoms with Crippen molar-refractivity contribution >= 4 is 34.6 Å². The molecule has 0 aromatic carbocycles. The van der Waals surface area contributed by atoms with Crippen molar-refractivity contribution in [3.8, 4) is 0 Å². The van der Waals surface area contributed by atoms with E-state index in [0.29, 0.717) is 22.6 Å². The van der Waals surface area contributed by atoms with Gasteiger partial charge < -0.3 is 11.1 Å². The van der Waals surface area contributed by atoms with E-state index in [9.17, 15) is 0 Å². The lowest BCUT2D eigenvalue weighted by Crippen LogP contribution is -2.35. The molecule has 2 aromatic rings. The molecule has 1 aliphatic heterocycles.